The number of ether oxygens (including phenoxy) is 4. The number of hydrogen-bond acceptors (Lipinski definition) is 15. The topological polar surface area (TPSA) is 237 Å². The Balaban J connectivity index is 5.23. The van der Waals surface area contributed by atoms with Crippen LogP contribution in [-0.2, 0) is 65.4 Å². The van der Waals surface area contributed by atoms with E-state index >= 15 is 0 Å². The fourth-order valence-electron chi connectivity index (χ4n) is 13.8. The molecule has 0 bridgehead atoms. The van der Waals surface area contributed by atoms with Crippen LogP contribution in [0.3, 0.4) is 0 Å². The van der Waals surface area contributed by atoms with Gasteiger partial charge in [0.25, 0.3) is 0 Å². The summed E-state index contributed by atoms with van der Waals surface area (Å²) in [5, 5.41) is 10.7. The standard InChI is InChI=1S/C88H172O17P2/c1-6-9-12-15-18-21-24-26-28-30-32-33-35-37-39-43-48-53-58-63-68-73-87(92)105-84(78-99-86(91)72-67-62-57-52-47-42-38-36-34-31-29-27-25-22-19-16-13-10-7-2)80-103-107(96,97)101-76-82(89)75-100-106(94,95)102-79-83(77-98-85(90)71-66-61-56-51-45-23-20-17-14-11-8-3)104-88(93)74-69-64-59-54-49-44-40-41-46-50-55-60-65-70-81(4)5/h81-84,89H,6-80H2,1-5H3,(H,94,95)(H,96,97)/t82-,83+,84+/m0/s1. The number of hydrogen-bond donors (Lipinski definition) is 3. The molecule has 0 fully saturated rings. The van der Waals surface area contributed by atoms with Gasteiger partial charge in [-0.05, 0) is 31.6 Å². The molecule has 0 radical (unpaired) electrons. The number of aliphatic hydroxyl groups is 1. The summed E-state index contributed by atoms with van der Waals surface area (Å²) >= 11 is 0. The number of rotatable bonds is 88. The van der Waals surface area contributed by atoms with E-state index in [-0.39, 0.29) is 25.7 Å². The Labute approximate surface area is 658 Å². The molecule has 636 valence electrons. The molecule has 19 heteroatoms. The van der Waals surface area contributed by atoms with Crippen LogP contribution in [0.2, 0.25) is 0 Å². The van der Waals surface area contributed by atoms with E-state index in [1.807, 2.05) is 0 Å². The summed E-state index contributed by atoms with van der Waals surface area (Å²) in [5.74, 6) is -1.31. The lowest BCUT2D eigenvalue weighted by Crippen LogP contribution is -2.30. The van der Waals surface area contributed by atoms with Gasteiger partial charge in [0.15, 0.2) is 12.2 Å². The summed E-state index contributed by atoms with van der Waals surface area (Å²) in [4.78, 5) is 73.3. The summed E-state index contributed by atoms with van der Waals surface area (Å²) in [5.41, 5.74) is 0. The lowest BCUT2D eigenvalue weighted by atomic mass is 10.0. The third-order valence-electron chi connectivity index (χ3n) is 20.8. The average Bonchev–Trinajstić information content (AvgIpc) is 0.903. The molecule has 0 aromatic rings. The van der Waals surface area contributed by atoms with Gasteiger partial charge in [-0.2, -0.15) is 0 Å². The maximum atomic E-state index is 13.2. The lowest BCUT2D eigenvalue weighted by Gasteiger charge is -2.21. The number of phosphoric acid groups is 2. The Bertz CT molecular complexity index is 2030. The van der Waals surface area contributed by atoms with Crippen LogP contribution in [0, 0.1) is 5.92 Å². The summed E-state index contributed by atoms with van der Waals surface area (Å²) < 4.78 is 69.0. The van der Waals surface area contributed by atoms with E-state index in [2.05, 4.69) is 34.6 Å². The van der Waals surface area contributed by atoms with E-state index in [1.165, 1.54) is 302 Å². The van der Waals surface area contributed by atoms with Gasteiger partial charge in [-0.1, -0.05) is 426 Å². The summed E-state index contributed by atoms with van der Waals surface area (Å²) in [7, 11) is -9.93. The Morgan fingerprint density at radius 3 is 0.636 bits per heavy atom. The monoisotopic (exact) mass is 1560 g/mol. The van der Waals surface area contributed by atoms with Crippen LogP contribution in [0.25, 0.3) is 0 Å². The van der Waals surface area contributed by atoms with Crippen molar-refractivity contribution in [2.24, 2.45) is 5.92 Å². The van der Waals surface area contributed by atoms with Crippen LogP contribution in [-0.4, -0.2) is 96.7 Å². The molecule has 0 spiro atoms. The van der Waals surface area contributed by atoms with Crippen molar-refractivity contribution < 1.29 is 80.2 Å². The minimum Gasteiger partial charge on any atom is -0.462 e. The number of carbonyl (C=O) groups excluding carboxylic acids is 4. The van der Waals surface area contributed by atoms with Crippen molar-refractivity contribution in [3.05, 3.63) is 0 Å². The van der Waals surface area contributed by atoms with Crippen molar-refractivity contribution >= 4 is 39.5 Å². The number of carbonyl (C=O) groups is 4. The van der Waals surface area contributed by atoms with Crippen molar-refractivity contribution in [2.45, 2.75) is 496 Å². The fourth-order valence-corrected chi connectivity index (χ4v) is 15.4. The highest BCUT2D eigenvalue weighted by molar-refractivity contribution is 7.47. The molecular formula is C88H172O17P2. The molecule has 0 aliphatic heterocycles. The molecular weight excluding hydrogens is 1390 g/mol. The number of aliphatic hydroxyl groups excluding tert-OH is 1. The SMILES string of the molecule is CCCCCCCCCCCCCCCCCCCCCCCC(=O)O[C@H](COC(=O)CCCCCCCCCCCCCCCCCCCCC)COP(=O)(O)OC[C@@H](O)COP(=O)(O)OC[C@@H](COC(=O)CCCCCCCCCCCCC)OC(=O)CCCCCCCCCCCCCCCC(C)C. The summed E-state index contributed by atoms with van der Waals surface area (Å²) in [6, 6.07) is 0. The first-order valence-electron chi connectivity index (χ1n) is 45.6. The van der Waals surface area contributed by atoms with Crippen LogP contribution in [0.1, 0.15) is 478 Å². The van der Waals surface area contributed by atoms with Gasteiger partial charge < -0.3 is 33.8 Å². The van der Waals surface area contributed by atoms with Crippen LogP contribution >= 0.6 is 15.6 Å². The molecule has 0 aromatic heterocycles. The minimum absolute atomic E-state index is 0.108. The van der Waals surface area contributed by atoms with Crippen LogP contribution in [0.4, 0.5) is 0 Å². The van der Waals surface area contributed by atoms with Gasteiger partial charge in [0.2, 0.25) is 0 Å². The van der Waals surface area contributed by atoms with Crippen molar-refractivity contribution in [1.29, 1.82) is 0 Å². The Kier molecular flexibility index (Phi) is 79.2. The molecule has 0 amide bonds. The van der Waals surface area contributed by atoms with Gasteiger partial charge in [0.05, 0.1) is 26.4 Å². The number of unbranched alkanes of at least 4 members (excludes halogenated alkanes) is 60. The van der Waals surface area contributed by atoms with Crippen LogP contribution in [0.5, 0.6) is 0 Å². The quantitative estimate of drug-likeness (QED) is 0.0222. The number of phosphoric ester groups is 2. The van der Waals surface area contributed by atoms with Gasteiger partial charge in [-0.25, -0.2) is 9.13 Å². The van der Waals surface area contributed by atoms with Gasteiger partial charge in [0, 0.05) is 25.7 Å². The van der Waals surface area contributed by atoms with Crippen molar-refractivity contribution in [3.63, 3.8) is 0 Å². The zero-order valence-corrected chi connectivity index (χ0v) is 72.1. The van der Waals surface area contributed by atoms with Crippen LogP contribution < -0.4 is 0 Å². The zero-order chi connectivity index (χ0) is 78.3. The molecule has 17 nitrogen and oxygen atoms in total. The first-order valence-corrected chi connectivity index (χ1v) is 48.6. The highest BCUT2D eigenvalue weighted by atomic mass is 31.2. The Hall–Kier alpha value is -1.94. The molecule has 5 atom stereocenters. The smallest absolute Gasteiger partial charge is 0.462 e. The van der Waals surface area contributed by atoms with Crippen molar-refractivity contribution in [1.82, 2.24) is 0 Å². The second-order valence-corrected chi connectivity index (χ2v) is 35.0. The fraction of sp³-hybridized carbons (Fsp3) is 0.955. The molecule has 3 N–H and O–H groups in total. The van der Waals surface area contributed by atoms with E-state index in [0.29, 0.717) is 25.7 Å². The molecule has 0 aliphatic carbocycles. The van der Waals surface area contributed by atoms with Crippen molar-refractivity contribution in [3.8, 4) is 0 Å². The molecule has 0 heterocycles. The molecule has 2 unspecified atom stereocenters. The van der Waals surface area contributed by atoms with Gasteiger partial charge in [-0.15, -0.1) is 0 Å². The summed E-state index contributed by atoms with van der Waals surface area (Å²) in [6.45, 7) is 7.39. The predicted molar refractivity (Wildman–Crippen MR) is 442 cm³/mol. The molecule has 0 saturated carbocycles. The molecule has 0 aliphatic rings. The minimum atomic E-state index is -4.97. The second-order valence-electron chi connectivity index (χ2n) is 32.1. The third-order valence-corrected chi connectivity index (χ3v) is 22.7. The van der Waals surface area contributed by atoms with E-state index in [4.69, 9.17) is 37.0 Å². The maximum absolute atomic E-state index is 13.2. The first kappa shape index (κ1) is 105. The molecule has 0 saturated heterocycles. The zero-order valence-electron chi connectivity index (χ0n) is 70.3. The maximum Gasteiger partial charge on any atom is 0.472 e. The largest absolute Gasteiger partial charge is 0.472 e. The third kappa shape index (κ3) is 81.9. The first-order chi connectivity index (χ1) is 52.0. The van der Waals surface area contributed by atoms with E-state index in [1.54, 1.807) is 0 Å². The van der Waals surface area contributed by atoms with Gasteiger partial charge >= 0.3 is 39.5 Å². The Morgan fingerprint density at radius 1 is 0.252 bits per heavy atom. The number of esters is 4. The van der Waals surface area contributed by atoms with Gasteiger partial charge in [-0.3, -0.25) is 37.3 Å². The highest BCUT2D eigenvalue weighted by Gasteiger charge is 2.30. The lowest BCUT2D eigenvalue weighted by molar-refractivity contribution is -0.161. The van der Waals surface area contributed by atoms with E-state index in [0.717, 1.165) is 95.8 Å². The Morgan fingerprint density at radius 2 is 0.430 bits per heavy atom. The predicted octanol–water partition coefficient (Wildman–Crippen LogP) is 27.2. The average molecular weight is 1560 g/mol. The van der Waals surface area contributed by atoms with Crippen LogP contribution in [0.15, 0.2) is 0 Å². The summed E-state index contributed by atoms with van der Waals surface area (Å²) in [6.07, 6.45) is 75.0. The van der Waals surface area contributed by atoms with E-state index in [9.17, 15) is 43.2 Å². The molecule has 107 heavy (non-hydrogen) atoms. The van der Waals surface area contributed by atoms with Crippen molar-refractivity contribution in [2.75, 3.05) is 39.6 Å². The van der Waals surface area contributed by atoms with Gasteiger partial charge in [0.1, 0.15) is 19.3 Å². The second kappa shape index (κ2) is 80.7. The normalized spacial score (nSPS) is 13.7. The van der Waals surface area contributed by atoms with E-state index < -0.39 is 97.5 Å². The molecule has 0 rings (SSSR count). The molecule has 0 aromatic carbocycles. The highest BCUT2D eigenvalue weighted by Crippen LogP contribution is 2.45.